The zero-order valence-corrected chi connectivity index (χ0v) is 74.4. The number of primary amides is 1. The largest absolute Gasteiger partial charge is 0.508 e. The predicted octanol–water partition coefficient (Wildman–Crippen LogP) is 1.15. The first kappa shape index (κ1) is 104. The molecule has 36 nitrogen and oxygen atoms in total. The van der Waals surface area contributed by atoms with Gasteiger partial charge in [-0.05, 0) is 131 Å². The monoisotopic (exact) mass is 1790 g/mol. The third kappa shape index (κ3) is 36.7. The van der Waals surface area contributed by atoms with Crippen molar-refractivity contribution in [1.82, 2.24) is 68.7 Å². The van der Waals surface area contributed by atoms with Crippen LogP contribution in [0.2, 0.25) is 0 Å². The second-order valence-corrected chi connectivity index (χ2v) is 34.0. The summed E-state index contributed by atoms with van der Waals surface area (Å²) >= 11 is 0. The standard InChI is InChI=1S/C88H127N15O21S2/c1-8-55(5)76-86(118)96-64(31-20-22-40-91-73(109)51-124-45-44-123-43-41-92-72(108)50-122-9-2)80(112)93-61(47-57-24-13-10-14-25-57)49-71(107)94-63(30-19-21-39-89)81(113)98-67(79(90)111)52-125-126-53-68(84(116)100-76)99-85(117)69-32-23-42-103(69)88(120)78(75(59-26-15-11-16-27-59)60-28-17-12-18-29-60)102-83(115)66(48-58-33-35-62(105)36-34-58)97-87(119)77(56(6)104)101-82(114)65(37-38-74(110)121-7)95-70(106)46-54(3)4/h10-18,24-29,33-36,54-56,61,63-69,75-78,104-105H,8-9,19-23,30-32,37-53,89H2,1-7H3,(H2,90,111)(H,91,109)(H,92,108)(H,93,112)(H,94,107)(H,95,106)(H,96,118)(H,97,119)(H,98,113)(H,99,117)(H,100,116)(H,101,114)(H,102,115)/t55-,56+,61-,63+,64?,65-,66-,67-,68-,69-,76+,77-,78?/m0/s1. The van der Waals surface area contributed by atoms with Crippen molar-refractivity contribution in [2.45, 2.75) is 216 Å². The number of hydrogen-bond acceptors (Lipinski definition) is 24. The Morgan fingerprint density at radius 1 is 0.603 bits per heavy atom. The van der Waals surface area contributed by atoms with Crippen LogP contribution in [-0.2, 0) is 104 Å². The number of aliphatic hydroxyl groups is 1. The number of nitrogens with one attached hydrogen (secondary N) is 12. The summed E-state index contributed by atoms with van der Waals surface area (Å²) in [6.07, 6.45) is -0.988. The van der Waals surface area contributed by atoms with Gasteiger partial charge in [-0.2, -0.15) is 0 Å². The Bertz CT molecular complexity index is 4130. The summed E-state index contributed by atoms with van der Waals surface area (Å²) in [5.41, 5.74) is 13.9. The third-order valence-corrected chi connectivity index (χ3v) is 23.5. The lowest BCUT2D eigenvalue weighted by Crippen LogP contribution is -2.62. The molecule has 18 N–H and O–H groups in total. The minimum atomic E-state index is -1.82. The van der Waals surface area contributed by atoms with Gasteiger partial charge in [-0.1, -0.05) is 159 Å². The van der Waals surface area contributed by atoms with E-state index in [0.717, 1.165) is 28.7 Å². The van der Waals surface area contributed by atoms with Gasteiger partial charge in [0.15, 0.2) is 0 Å². The van der Waals surface area contributed by atoms with Crippen LogP contribution in [0.4, 0.5) is 0 Å². The van der Waals surface area contributed by atoms with Crippen LogP contribution in [-0.4, -0.2) is 261 Å². The van der Waals surface area contributed by atoms with Crippen LogP contribution in [0.15, 0.2) is 115 Å². The second kappa shape index (κ2) is 56.3. The highest BCUT2D eigenvalue weighted by atomic mass is 33.1. The van der Waals surface area contributed by atoms with Gasteiger partial charge < -0.3 is 109 Å². The quantitative estimate of drug-likeness (QED) is 0.0168. The minimum Gasteiger partial charge on any atom is -0.508 e. The molecule has 2 fully saturated rings. The second-order valence-electron chi connectivity index (χ2n) is 31.5. The number of phenolic OH excluding ortho intramolecular Hbond substituents is 1. The van der Waals surface area contributed by atoms with E-state index in [4.69, 9.17) is 30.4 Å². The van der Waals surface area contributed by atoms with E-state index in [9.17, 15) is 53.4 Å². The number of nitrogens with two attached hydrogens (primary N) is 2. The highest BCUT2D eigenvalue weighted by Gasteiger charge is 2.45. The molecule has 6 rings (SSSR count). The number of carbonyl (C=O) groups excluding carboxylic acids is 15. The Kier molecular flexibility index (Phi) is 46.5. The molecular formula is C88H127N15O21S2. The summed E-state index contributed by atoms with van der Waals surface area (Å²) in [6, 6.07) is 16.1. The third-order valence-electron chi connectivity index (χ3n) is 21.1. The van der Waals surface area contributed by atoms with Crippen molar-refractivity contribution >= 4 is 110 Å². The van der Waals surface area contributed by atoms with Gasteiger partial charge in [-0.25, -0.2) is 0 Å². The summed E-state index contributed by atoms with van der Waals surface area (Å²) in [5, 5.41) is 54.8. The summed E-state index contributed by atoms with van der Waals surface area (Å²) in [4.78, 5) is 216. The molecule has 38 heteroatoms. The molecule has 13 atom stereocenters. The first-order chi connectivity index (χ1) is 60.4. The van der Waals surface area contributed by atoms with Crippen LogP contribution in [0, 0.1) is 11.8 Å². The molecule has 2 unspecified atom stereocenters. The highest BCUT2D eigenvalue weighted by Crippen LogP contribution is 2.33. The number of benzene rings is 4. The van der Waals surface area contributed by atoms with Gasteiger partial charge in [0, 0.05) is 75.4 Å². The Morgan fingerprint density at radius 3 is 1.82 bits per heavy atom. The fourth-order valence-corrected chi connectivity index (χ4v) is 16.4. The van der Waals surface area contributed by atoms with E-state index < -0.39 is 167 Å². The Hall–Kier alpha value is -10.8. The topological polar surface area (TPSA) is 533 Å². The average Bonchev–Trinajstić information content (AvgIpc) is 1.41. The van der Waals surface area contributed by atoms with E-state index in [2.05, 4.69) is 63.8 Å². The van der Waals surface area contributed by atoms with Crippen molar-refractivity contribution in [3.05, 3.63) is 138 Å². The van der Waals surface area contributed by atoms with Gasteiger partial charge in [-0.3, -0.25) is 71.9 Å². The molecule has 4 aromatic rings. The van der Waals surface area contributed by atoms with Gasteiger partial charge in [0.2, 0.25) is 82.7 Å². The lowest BCUT2D eigenvalue weighted by atomic mass is 9.84. The molecular weight excluding hydrogens is 1670 g/mol. The lowest BCUT2D eigenvalue weighted by Gasteiger charge is -2.35. The number of aromatic hydroxyl groups is 1. The van der Waals surface area contributed by atoms with Crippen molar-refractivity contribution in [1.29, 1.82) is 0 Å². The SMILES string of the molecule is CCOCC(=O)NCCOCCOCC(=O)NCCCCC1NC(=O)[C@@H]([C@@H](C)CC)NC(=O)[C@@H](NC(=O)[C@@H]2CCCN2C(=O)C(NC(=O)[C@H](Cc2ccc(O)cc2)NC(=O)[C@@H](NC(=O)[C@H](CCC(=O)OC)NC(=O)CC(C)C)[C@@H](C)O)C(c2ccccc2)c2ccccc2)CSSC[C@@H](C(N)=O)NC(=O)[C@@H](CCCCN)NC(=O)C[C@H](Cc2ccccc2)NC1=O. The molecule has 2 aliphatic rings. The Labute approximate surface area is 743 Å². The van der Waals surface area contributed by atoms with E-state index in [1.807, 2.05) is 0 Å². The van der Waals surface area contributed by atoms with Gasteiger partial charge in [0.25, 0.3) is 0 Å². The van der Waals surface area contributed by atoms with Crippen LogP contribution in [0.1, 0.15) is 153 Å². The van der Waals surface area contributed by atoms with Crippen LogP contribution in [0.25, 0.3) is 0 Å². The molecule has 0 saturated carbocycles. The van der Waals surface area contributed by atoms with Crippen LogP contribution in [0.5, 0.6) is 5.75 Å². The summed E-state index contributed by atoms with van der Waals surface area (Å²) in [6.45, 7) is 11.0. The zero-order valence-electron chi connectivity index (χ0n) is 72.8. The summed E-state index contributed by atoms with van der Waals surface area (Å²) in [7, 11) is 3.12. The number of likely N-dealkylation sites (tertiary alicyclic amines) is 1. The smallest absolute Gasteiger partial charge is 0.305 e. The average molecular weight is 1800 g/mol. The number of hydrogen-bond donors (Lipinski definition) is 16. The maximum atomic E-state index is 16.3. The van der Waals surface area contributed by atoms with Crippen molar-refractivity contribution < 1.29 is 101 Å². The normalized spacial score (nSPS) is 19.5. The van der Waals surface area contributed by atoms with Crippen molar-refractivity contribution in [2.24, 2.45) is 23.3 Å². The molecule has 0 aromatic heterocycles. The summed E-state index contributed by atoms with van der Waals surface area (Å²) < 4.78 is 20.8. The van der Waals surface area contributed by atoms with E-state index in [0.29, 0.717) is 41.7 Å². The molecule has 4 aromatic carbocycles. The van der Waals surface area contributed by atoms with Gasteiger partial charge in [0.1, 0.15) is 79.4 Å². The number of nitrogens with zero attached hydrogens (tertiary/aromatic N) is 1. The van der Waals surface area contributed by atoms with Gasteiger partial charge in [-0.15, -0.1) is 0 Å². The highest BCUT2D eigenvalue weighted by molar-refractivity contribution is 8.76. The number of unbranched alkanes of at least 4 members (excludes halogenated alkanes) is 2. The molecule has 0 bridgehead atoms. The van der Waals surface area contributed by atoms with Crippen LogP contribution in [0.3, 0.4) is 0 Å². The van der Waals surface area contributed by atoms with E-state index in [1.54, 1.807) is 126 Å². The number of ether oxygens (including phenoxy) is 4. The molecule has 2 aliphatic heterocycles. The lowest BCUT2D eigenvalue weighted by molar-refractivity contribution is -0.143. The van der Waals surface area contributed by atoms with Crippen molar-refractivity contribution in [2.75, 3.05) is 84.4 Å². The molecule has 126 heavy (non-hydrogen) atoms. The Morgan fingerprint density at radius 2 is 1.20 bits per heavy atom. The maximum absolute atomic E-state index is 16.3. The number of methoxy groups -OCH3 is 1. The number of amides is 14. The molecule has 14 amide bonds. The number of rotatable bonds is 46. The molecule has 0 radical (unpaired) electrons. The fraction of sp³-hybridized carbons (Fsp3) is 0.557. The van der Waals surface area contributed by atoms with E-state index in [1.165, 1.54) is 36.1 Å². The summed E-state index contributed by atoms with van der Waals surface area (Å²) in [5.74, 6) is -14.0. The first-order valence-corrected chi connectivity index (χ1v) is 45.4. The number of phenols is 1. The minimum absolute atomic E-state index is 0.00234. The predicted molar refractivity (Wildman–Crippen MR) is 472 cm³/mol. The molecule has 0 spiro atoms. The fourth-order valence-electron chi connectivity index (χ4n) is 14.1. The number of carbonyl (C=O) groups is 15. The molecule has 692 valence electrons. The van der Waals surface area contributed by atoms with Crippen molar-refractivity contribution in [3.63, 3.8) is 0 Å². The molecule has 2 saturated heterocycles. The van der Waals surface area contributed by atoms with Gasteiger partial charge in [0.05, 0.1) is 33.0 Å². The van der Waals surface area contributed by atoms with Crippen LogP contribution < -0.4 is 75.3 Å². The zero-order chi connectivity index (χ0) is 92.0. The number of aliphatic hydroxyl groups excluding tert-OH is 1. The van der Waals surface area contributed by atoms with Gasteiger partial charge >= 0.3 is 5.97 Å². The first-order valence-electron chi connectivity index (χ1n) is 42.9. The van der Waals surface area contributed by atoms with Crippen molar-refractivity contribution in [3.8, 4) is 5.75 Å². The van der Waals surface area contributed by atoms with E-state index in [-0.39, 0.29) is 172 Å². The van der Waals surface area contributed by atoms with E-state index >= 15 is 28.8 Å². The number of esters is 1. The molecule has 0 aliphatic carbocycles. The maximum Gasteiger partial charge on any atom is 0.305 e. The Balaban J connectivity index is 1.35. The molecule has 2 heterocycles. The van der Waals surface area contributed by atoms with Crippen LogP contribution >= 0.6 is 21.6 Å².